The molecule has 0 amide bonds. The first-order valence-corrected chi connectivity index (χ1v) is 7.75. The minimum atomic E-state index is 0.285. The van der Waals surface area contributed by atoms with Gasteiger partial charge in [-0.3, -0.25) is 4.98 Å². The van der Waals surface area contributed by atoms with E-state index in [2.05, 4.69) is 48.4 Å². The van der Waals surface area contributed by atoms with Crippen molar-refractivity contribution < 1.29 is 0 Å². The molecule has 0 spiro atoms. The number of nitrogens with zero attached hydrogens (tertiary/aromatic N) is 1. The minimum absolute atomic E-state index is 0.285. The molecule has 0 unspecified atom stereocenters. The number of alkyl halides is 1. The van der Waals surface area contributed by atoms with E-state index in [1.54, 1.807) is 0 Å². The number of rotatable bonds is 7. The van der Waals surface area contributed by atoms with Crippen LogP contribution in [0.3, 0.4) is 0 Å². The van der Waals surface area contributed by atoms with Gasteiger partial charge in [-0.2, -0.15) is 0 Å². The van der Waals surface area contributed by atoms with Gasteiger partial charge < -0.3 is 5.32 Å². The molecule has 0 saturated heterocycles. The summed E-state index contributed by atoms with van der Waals surface area (Å²) < 4.78 is 0. The fourth-order valence-electron chi connectivity index (χ4n) is 2.48. The van der Waals surface area contributed by atoms with Gasteiger partial charge in [-0.05, 0) is 29.9 Å². The molecule has 0 aliphatic carbocycles. The van der Waals surface area contributed by atoms with Gasteiger partial charge in [-0.25, -0.2) is 0 Å². The number of benzene rings is 1. The molecule has 0 radical (unpaired) electrons. The van der Waals surface area contributed by atoms with Crippen molar-refractivity contribution in [3.8, 4) is 0 Å². The molecule has 1 aromatic carbocycles. The van der Waals surface area contributed by atoms with Gasteiger partial charge in [-0.15, -0.1) is 11.6 Å². The number of aromatic nitrogens is 1. The first kappa shape index (κ1) is 15.3. The van der Waals surface area contributed by atoms with Crippen LogP contribution in [0.2, 0.25) is 0 Å². The summed E-state index contributed by atoms with van der Waals surface area (Å²) in [4.78, 5) is 4.49. The van der Waals surface area contributed by atoms with E-state index in [1.165, 1.54) is 10.9 Å². The monoisotopic (exact) mass is 290 g/mol. The molecule has 2 rings (SSSR count). The van der Waals surface area contributed by atoms with Gasteiger partial charge in [0.15, 0.2) is 0 Å². The third-order valence-corrected chi connectivity index (χ3v) is 3.89. The molecule has 1 aromatic heterocycles. The van der Waals surface area contributed by atoms with Crippen LogP contribution in [0.15, 0.2) is 36.5 Å². The van der Waals surface area contributed by atoms with Crippen molar-refractivity contribution in [2.45, 2.75) is 33.2 Å². The third kappa shape index (κ3) is 4.19. The van der Waals surface area contributed by atoms with E-state index >= 15 is 0 Å². The van der Waals surface area contributed by atoms with Crippen LogP contribution in [0.1, 0.15) is 32.3 Å². The highest BCUT2D eigenvalue weighted by Gasteiger charge is 2.16. The number of pyridine rings is 1. The van der Waals surface area contributed by atoms with Crippen LogP contribution >= 0.6 is 11.6 Å². The predicted molar refractivity (Wildman–Crippen MR) is 87.2 cm³/mol. The van der Waals surface area contributed by atoms with Crippen LogP contribution in [0.5, 0.6) is 0 Å². The van der Waals surface area contributed by atoms with E-state index in [9.17, 15) is 0 Å². The molecule has 0 atom stereocenters. The summed E-state index contributed by atoms with van der Waals surface area (Å²) in [5, 5.41) is 4.76. The summed E-state index contributed by atoms with van der Waals surface area (Å²) in [7, 11) is 0. The van der Waals surface area contributed by atoms with Gasteiger partial charge in [0.2, 0.25) is 0 Å². The highest BCUT2D eigenvalue weighted by Crippen LogP contribution is 2.22. The quantitative estimate of drug-likeness (QED) is 0.766. The second-order valence-corrected chi connectivity index (χ2v) is 6.43. The maximum Gasteiger partial charge on any atom is 0.0746 e. The normalized spacial score (nSPS) is 11.9. The van der Waals surface area contributed by atoms with Crippen molar-refractivity contribution >= 4 is 22.5 Å². The van der Waals surface area contributed by atoms with Crippen molar-refractivity contribution in [2.75, 3.05) is 12.4 Å². The maximum atomic E-state index is 5.77. The van der Waals surface area contributed by atoms with Crippen molar-refractivity contribution in [1.82, 2.24) is 10.3 Å². The topological polar surface area (TPSA) is 24.9 Å². The molecular weight excluding hydrogens is 268 g/mol. The highest BCUT2D eigenvalue weighted by atomic mass is 35.5. The van der Waals surface area contributed by atoms with Crippen LogP contribution in [0, 0.1) is 5.41 Å². The Kier molecular flexibility index (Phi) is 5.38. The van der Waals surface area contributed by atoms with Crippen molar-refractivity contribution in [3.63, 3.8) is 0 Å². The molecule has 2 nitrogen and oxygen atoms in total. The Labute approximate surface area is 126 Å². The molecule has 1 heterocycles. The lowest BCUT2D eigenvalue weighted by Crippen LogP contribution is -2.29. The molecule has 0 bridgehead atoms. The van der Waals surface area contributed by atoms with Gasteiger partial charge in [0.05, 0.1) is 5.52 Å². The van der Waals surface area contributed by atoms with Gasteiger partial charge in [0.25, 0.3) is 0 Å². The van der Waals surface area contributed by atoms with Crippen molar-refractivity contribution in [3.05, 3.63) is 42.1 Å². The summed E-state index contributed by atoms with van der Waals surface area (Å²) in [6, 6.07) is 10.4. The third-order valence-electron chi connectivity index (χ3n) is 3.62. The summed E-state index contributed by atoms with van der Waals surface area (Å²) in [5.74, 6) is 0.747. The first-order valence-electron chi connectivity index (χ1n) is 7.22. The fourth-order valence-corrected chi connectivity index (χ4v) is 2.61. The molecule has 0 saturated carbocycles. The number of hydrogen-bond acceptors (Lipinski definition) is 2. The van der Waals surface area contributed by atoms with Crippen LogP contribution in [0.25, 0.3) is 10.9 Å². The zero-order valence-electron chi connectivity index (χ0n) is 12.3. The Bertz CT molecular complexity index is 546. The van der Waals surface area contributed by atoms with Gasteiger partial charge in [0, 0.05) is 30.6 Å². The van der Waals surface area contributed by atoms with E-state index in [-0.39, 0.29) is 5.41 Å². The zero-order valence-corrected chi connectivity index (χ0v) is 13.1. The van der Waals surface area contributed by atoms with Crippen LogP contribution in [-0.4, -0.2) is 17.4 Å². The van der Waals surface area contributed by atoms with Crippen LogP contribution < -0.4 is 5.32 Å². The lowest BCUT2D eigenvalue weighted by Gasteiger charge is -2.24. The smallest absolute Gasteiger partial charge is 0.0746 e. The lowest BCUT2D eigenvalue weighted by atomic mass is 9.88. The largest absolute Gasteiger partial charge is 0.312 e. The predicted octanol–water partition coefficient (Wildman–Crippen LogP) is 4.37. The van der Waals surface area contributed by atoms with Gasteiger partial charge >= 0.3 is 0 Å². The SMILES string of the molecule is CC(C)(CCCCl)CNCc1cccc2cccnc12. The number of para-hydroxylation sites is 1. The minimum Gasteiger partial charge on any atom is -0.312 e. The first-order chi connectivity index (χ1) is 9.62. The lowest BCUT2D eigenvalue weighted by molar-refractivity contribution is 0.311. The Morgan fingerprint density at radius 2 is 2.00 bits per heavy atom. The van der Waals surface area contributed by atoms with Gasteiger partial charge in [-0.1, -0.05) is 38.1 Å². The summed E-state index contributed by atoms with van der Waals surface area (Å²) >= 11 is 5.77. The fraction of sp³-hybridized carbons (Fsp3) is 0.471. The molecule has 20 heavy (non-hydrogen) atoms. The molecule has 2 aromatic rings. The van der Waals surface area contributed by atoms with E-state index < -0.39 is 0 Å². The van der Waals surface area contributed by atoms with Crippen molar-refractivity contribution in [1.29, 1.82) is 0 Å². The Hall–Kier alpha value is -1.12. The van der Waals surface area contributed by atoms with E-state index in [1.807, 2.05) is 12.3 Å². The molecular formula is C17H23ClN2. The summed E-state index contributed by atoms with van der Waals surface area (Å²) in [6.45, 7) is 6.42. The summed E-state index contributed by atoms with van der Waals surface area (Å²) in [5.41, 5.74) is 2.64. The van der Waals surface area contributed by atoms with Gasteiger partial charge in [0.1, 0.15) is 0 Å². The van der Waals surface area contributed by atoms with Crippen molar-refractivity contribution in [2.24, 2.45) is 5.41 Å². The maximum absolute atomic E-state index is 5.77. The second-order valence-electron chi connectivity index (χ2n) is 6.05. The average molecular weight is 291 g/mol. The molecule has 0 aliphatic rings. The Balaban J connectivity index is 1.96. The van der Waals surface area contributed by atoms with Crippen LogP contribution in [0.4, 0.5) is 0 Å². The zero-order chi connectivity index (χ0) is 14.4. The molecule has 1 N–H and O–H groups in total. The van der Waals surface area contributed by atoms with E-state index in [0.717, 1.165) is 37.3 Å². The van der Waals surface area contributed by atoms with E-state index in [0.29, 0.717) is 0 Å². The number of nitrogens with one attached hydrogen (secondary N) is 1. The molecule has 108 valence electrons. The summed E-state index contributed by atoms with van der Waals surface area (Å²) in [6.07, 6.45) is 4.08. The number of halogens is 1. The molecule has 3 heteroatoms. The second kappa shape index (κ2) is 7.05. The highest BCUT2D eigenvalue weighted by molar-refractivity contribution is 6.17. The Morgan fingerprint density at radius 3 is 2.80 bits per heavy atom. The Morgan fingerprint density at radius 1 is 1.20 bits per heavy atom. The average Bonchev–Trinajstić information content (AvgIpc) is 2.45. The van der Waals surface area contributed by atoms with E-state index in [4.69, 9.17) is 11.6 Å². The molecule has 0 aliphatic heterocycles. The standard InChI is InChI=1S/C17H23ClN2/c1-17(2,9-5-10-18)13-19-12-15-7-3-6-14-8-4-11-20-16(14)15/h3-4,6-8,11,19H,5,9-10,12-13H2,1-2H3. The number of fused-ring (bicyclic) bond motifs is 1. The van der Waals surface area contributed by atoms with Crippen LogP contribution in [-0.2, 0) is 6.54 Å². The molecule has 0 fully saturated rings. The number of hydrogen-bond donors (Lipinski definition) is 1.